The maximum atomic E-state index is 13.9. The Kier molecular flexibility index (Phi) is 4.27. The number of hydrogen-bond donors (Lipinski definition) is 2. The second-order valence-corrected chi connectivity index (χ2v) is 5.83. The van der Waals surface area contributed by atoms with E-state index in [4.69, 9.17) is 5.11 Å². The molecule has 0 aliphatic heterocycles. The second kappa shape index (κ2) is 5.81. The molecule has 1 saturated carbocycles. The summed E-state index contributed by atoms with van der Waals surface area (Å²) >= 11 is 0. The van der Waals surface area contributed by atoms with Crippen molar-refractivity contribution in [2.45, 2.75) is 24.8 Å². The minimum atomic E-state index is -1.22. The van der Waals surface area contributed by atoms with E-state index in [-0.39, 0.29) is 16.7 Å². The highest BCUT2D eigenvalue weighted by molar-refractivity contribution is 5.96. The number of carboxylic acid groups (broad SMARTS) is 1. The number of nitrogens with one attached hydrogen (secondary N) is 1. The zero-order valence-corrected chi connectivity index (χ0v) is 12.1. The smallest absolute Gasteiger partial charge is 0.335 e. The maximum absolute atomic E-state index is 13.9. The van der Waals surface area contributed by atoms with Gasteiger partial charge < -0.3 is 15.3 Å². The van der Waals surface area contributed by atoms with Crippen LogP contribution in [-0.4, -0.2) is 48.1 Å². The first-order chi connectivity index (χ1) is 9.83. The van der Waals surface area contributed by atoms with Crippen LogP contribution in [0.15, 0.2) is 18.2 Å². The van der Waals surface area contributed by atoms with Gasteiger partial charge in [-0.05, 0) is 51.6 Å². The van der Waals surface area contributed by atoms with Crippen molar-refractivity contribution in [2.75, 3.05) is 20.6 Å². The molecule has 1 amide bonds. The molecule has 0 aromatic heterocycles. The van der Waals surface area contributed by atoms with E-state index in [0.717, 1.165) is 25.3 Å². The van der Waals surface area contributed by atoms with Crippen molar-refractivity contribution in [1.29, 1.82) is 0 Å². The Hall–Kier alpha value is -1.95. The predicted molar refractivity (Wildman–Crippen MR) is 76.0 cm³/mol. The molecule has 1 aliphatic carbocycles. The van der Waals surface area contributed by atoms with Gasteiger partial charge in [-0.15, -0.1) is 0 Å². The summed E-state index contributed by atoms with van der Waals surface area (Å²) in [6.45, 7) is 0.702. The van der Waals surface area contributed by atoms with Crippen LogP contribution in [0.4, 0.5) is 4.39 Å². The Morgan fingerprint density at radius 2 is 2.05 bits per heavy atom. The zero-order chi connectivity index (χ0) is 15.6. The van der Waals surface area contributed by atoms with Crippen LogP contribution in [0, 0.1) is 5.82 Å². The molecule has 1 aromatic carbocycles. The first kappa shape index (κ1) is 15.4. The molecule has 0 heterocycles. The molecule has 21 heavy (non-hydrogen) atoms. The number of benzene rings is 1. The number of likely N-dealkylation sites (N-methyl/N-ethyl adjacent to an activating group) is 1. The van der Waals surface area contributed by atoms with Crippen molar-refractivity contribution in [3.05, 3.63) is 35.1 Å². The lowest BCUT2D eigenvalue weighted by molar-refractivity contribution is 0.0693. The first-order valence-electron chi connectivity index (χ1n) is 6.83. The van der Waals surface area contributed by atoms with Gasteiger partial charge in [-0.1, -0.05) is 0 Å². The lowest BCUT2D eigenvalue weighted by atomic mass is 9.76. The molecule has 1 aliphatic rings. The highest BCUT2D eigenvalue weighted by atomic mass is 19.1. The van der Waals surface area contributed by atoms with E-state index < -0.39 is 17.7 Å². The van der Waals surface area contributed by atoms with Crippen molar-refractivity contribution >= 4 is 11.9 Å². The highest BCUT2D eigenvalue weighted by Crippen LogP contribution is 2.32. The molecule has 0 bridgehead atoms. The minimum Gasteiger partial charge on any atom is -0.478 e. The van der Waals surface area contributed by atoms with E-state index >= 15 is 0 Å². The summed E-state index contributed by atoms with van der Waals surface area (Å²) in [5.41, 5.74) is -0.598. The molecule has 0 radical (unpaired) electrons. The summed E-state index contributed by atoms with van der Waals surface area (Å²) in [7, 11) is 3.85. The third-order valence-electron chi connectivity index (χ3n) is 3.77. The summed E-state index contributed by atoms with van der Waals surface area (Å²) in [6.07, 6.45) is 2.77. The fraction of sp³-hybridized carbons (Fsp3) is 0.467. The number of carboxylic acids is 1. The molecule has 2 N–H and O–H groups in total. The van der Waals surface area contributed by atoms with E-state index in [1.807, 2.05) is 19.0 Å². The molecule has 0 saturated heterocycles. The van der Waals surface area contributed by atoms with Crippen LogP contribution in [0.1, 0.15) is 40.0 Å². The molecule has 2 rings (SSSR count). The standard InChI is InChI=1S/C15H19FN2O3/c1-18(2)9-15(6-3-7-15)17-13(19)11-5-4-10(14(20)21)8-12(11)16/h4-5,8H,3,6-7,9H2,1-2H3,(H,17,19)(H,20,21). The summed E-state index contributed by atoms with van der Waals surface area (Å²) in [5.74, 6) is -2.53. The largest absolute Gasteiger partial charge is 0.478 e. The Morgan fingerprint density at radius 1 is 1.38 bits per heavy atom. The lowest BCUT2D eigenvalue weighted by Crippen LogP contribution is -2.59. The van der Waals surface area contributed by atoms with Crippen LogP contribution in [-0.2, 0) is 0 Å². The first-order valence-corrected chi connectivity index (χ1v) is 6.83. The molecular formula is C15H19FN2O3. The van der Waals surface area contributed by atoms with Crippen molar-refractivity contribution < 1.29 is 19.1 Å². The van der Waals surface area contributed by atoms with Crippen molar-refractivity contribution in [2.24, 2.45) is 0 Å². The van der Waals surface area contributed by atoms with Gasteiger partial charge in [-0.3, -0.25) is 4.79 Å². The number of rotatable bonds is 5. The van der Waals surface area contributed by atoms with Crippen LogP contribution in [0.25, 0.3) is 0 Å². The molecule has 0 unspecified atom stereocenters. The summed E-state index contributed by atoms with van der Waals surface area (Å²) < 4.78 is 13.9. The van der Waals surface area contributed by atoms with Gasteiger partial charge in [0, 0.05) is 6.54 Å². The van der Waals surface area contributed by atoms with E-state index in [9.17, 15) is 14.0 Å². The number of carbonyl (C=O) groups excluding carboxylic acids is 1. The maximum Gasteiger partial charge on any atom is 0.335 e. The fourth-order valence-corrected chi connectivity index (χ4v) is 2.67. The molecule has 1 aromatic rings. The van der Waals surface area contributed by atoms with Gasteiger partial charge in [0.1, 0.15) is 5.82 Å². The zero-order valence-electron chi connectivity index (χ0n) is 12.1. The van der Waals surface area contributed by atoms with Crippen LogP contribution < -0.4 is 5.32 Å². The summed E-state index contributed by atoms with van der Waals surface area (Å²) in [4.78, 5) is 25.0. The number of amides is 1. The lowest BCUT2D eigenvalue weighted by Gasteiger charge is -2.44. The molecule has 6 heteroatoms. The quantitative estimate of drug-likeness (QED) is 0.868. The summed E-state index contributed by atoms with van der Waals surface area (Å²) in [5, 5.41) is 11.7. The molecule has 0 atom stereocenters. The van der Waals surface area contributed by atoms with E-state index in [2.05, 4.69) is 5.32 Å². The Labute approximate surface area is 122 Å². The van der Waals surface area contributed by atoms with E-state index in [1.165, 1.54) is 12.1 Å². The SMILES string of the molecule is CN(C)CC1(NC(=O)c2ccc(C(=O)O)cc2F)CCC1. The molecule has 114 valence electrons. The van der Waals surface area contributed by atoms with Crippen molar-refractivity contribution in [1.82, 2.24) is 10.2 Å². The number of hydrogen-bond acceptors (Lipinski definition) is 3. The Balaban J connectivity index is 2.15. The predicted octanol–water partition coefficient (Wildman–Crippen LogP) is 1.74. The third-order valence-corrected chi connectivity index (χ3v) is 3.77. The van der Waals surface area contributed by atoms with Crippen LogP contribution in [0.5, 0.6) is 0 Å². The average Bonchev–Trinajstić information content (AvgIpc) is 2.35. The Morgan fingerprint density at radius 3 is 2.48 bits per heavy atom. The minimum absolute atomic E-state index is 0.120. The number of carbonyl (C=O) groups is 2. The van der Waals surface area contributed by atoms with Gasteiger partial charge >= 0.3 is 5.97 Å². The van der Waals surface area contributed by atoms with Gasteiger partial charge in [0.15, 0.2) is 0 Å². The van der Waals surface area contributed by atoms with Gasteiger partial charge in [0.25, 0.3) is 5.91 Å². The molecule has 0 spiro atoms. The Bertz CT molecular complexity index is 568. The van der Waals surface area contributed by atoms with Crippen molar-refractivity contribution in [3.63, 3.8) is 0 Å². The second-order valence-electron chi connectivity index (χ2n) is 5.83. The third kappa shape index (κ3) is 3.39. The molecule has 1 fully saturated rings. The molecular weight excluding hydrogens is 275 g/mol. The summed E-state index contributed by atoms with van der Waals surface area (Å²) in [6, 6.07) is 3.33. The number of halogens is 1. The van der Waals surface area contributed by atoms with Crippen LogP contribution in [0.2, 0.25) is 0 Å². The number of aromatic carboxylic acids is 1. The van der Waals surface area contributed by atoms with Gasteiger partial charge in [0.05, 0.1) is 16.7 Å². The number of nitrogens with zero attached hydrogens (tertiary/aromatic N) is 1. The monoisotopic (exact) mass is 294 g/mol. The van der Waals surface area contributed by atoms with Crippen LogP contribution >= 0.6 is 0 Å². The molecule has 5 nitrogen and oxygen atoms in total. The van der Waals surface area contributed by atoms with Crippen molar-refractivity contribution in [3.8, 4) is 0 Å². The highest BCUT2D eigenvalue weighted by Gasteiger charge is 2.39. The van der Waals surface area contributed by atoms with E-state index in [1.54, 1.807) is 0 Å². The topological polar surface area (TPSA) is 69.6 Å². The van der Waals surface area contributed by atoms with Crippen LogP contribution in [0.3, 0.4) is 0 Å². The van der Waals surface area contributed by atoms with Gasteiger partial charge in [-0.2, -0.15) is 0 Å². The fourth-order valence-electron chi connectivity index (χ4n) is 2.67. The van der Waals surface area contributed by atoms with Gasteiger partial charge in [0.2, 0.25) is 0 Å². The normalized spacial score (nSPS) is 16.4. The van der Waals surface area contributed by atoms with E-state index in [0.29, 0.717) is 6.54 Å². The van der Waals surface area contributed by atoms with Gasteiger partial charge in [-0.25, -0.2) is 9.18 Å². The average molecular weight is 294 g/mol.